The second-order valence-electron chi connectivity index (χ2n) is 3.12. The maximum Gasteiger partial charge on any atom is 0.445 e. The fourth-order valence-electron chi connectivity index (χ4n) is 1.13. The van der Waals surface area contributed by atoms with Gasteiger partial charge in [-0.05, 0) is 6.42 Å². The maximum absolute atomic E-state index is 12.2. The van der Waals surface area contributed by atoms with Gasteiger partial charge in [-0.3, -0.25) is 4.79 Å². The average molecular weight is 254 g/mol. The summed E-state index contributed by atoms with van der Waals surface area (Å²) in [6, 6.07) is 0. The highest BCUT2D eigenvalue weighted by molar-refractivity contribution is 7.11. The number of hydrogen-bond donors (Lipinski definition) is 1. The molecular formula is C8H9F3N2O2S. The standard InChI is InChI=1S/C8H9F3N2O2S/c1-2-3-4(6(14)15)5-12-13-7(16-5)8(9,10)11/h4H,2-3H2,1H3,(H,14,15). The Bertz CT molecular complexity index is 378. The van der Waals surface area contributed by atoms with E-state index in [1.54, 1.807) is 6.92 Å². The van der Waals surface area contributed by atoms with E-state index in [4.69, 9.17) is 5.11 Å². The van der Waals surface area contributed by atoms with Gasteiger partial charge in [-0.1, -0.05) is 24.7 Å². The van der Waals surface area contributed by atoms with E-state index >= 15 is 0 Å². The van der Waals surface area contributed by atoms with Crippen LogP contribution in [0.5, 0.6) is 0 Å². The molecule has 0 saturated heterocycles. The molecule has 1 aromatic heterocycles. The Kier molecular flexibility index (Phi) is 3.84. The highest BCUT2D eigenvalue weighted by atomic mass is 32.1. The summed E-state index contributed by atoms with van der Waals surface area (Å²) >= 11 is 0.288. The van der Waals surface area contributed by atoms with Crippen LogP contribution in [0.15, 0.2) is 0 Å². The number of rotatable bonds is 4. The van der Waals surface area contributed by atoms with E-state index in [-0.39, 0.29) is 22.8 Å². The van der Waals surface area contributed by atoms with Gasteiger partial charge < -0.3 is 5.11 Å². The van der Waals surface area contributed by atoms with Crippen molar-refractivity contribution in [1.82, 2.24) is 10.2 Å². The third-order valence-corrected chi connectivity index (χ3v) is 2.94. The van der Waals surface area contributed by atoms with Crippen molar-refractivity contribution in [1.29, 1.82) is 0 Å². The largest absolute Gasteiger partial charge is 0.481 e. The summed E-state index contributed by atoms with van der Waals surface area (Å²) in [5, 5.41) is 13.9. The molecule has 1 N–H and O–H groups in total. The lowest BCUT2D eigenvalue weighted by molar-refractivity contribution is -0.139. The molecule has 0 spiro atoms. The Morgan fingerprint density at radius 1 is 1.50 bits per heavy atom. The minimum atomic E-state index is -4.56. The van der Waals surface area contributed by atoms with Crippen molar-refractivity contribution in [2.45, 2.75) is 31.9 Å². The Morgan fingerprint density at radius 2 is 2.12 bits per heavy atom. The van der Waals surface area contributed by atoms with Crippen LogP contribution in [0.4, 0.5) is 13.2 Å². The quantitative estimate of drug-likeness (QED) is 0.896. The molecule has 0 saturated carbocycles. The molecular weight excluding hydrogens is 245 g/mol. The third kappa shape index (κ3) is 2.91. The number of hydrogen-bond acceptors (Lipinski definition) is 4. The topological polar surface area (TPSA) is 63.1 Å². The zero-order valence-corrected chi connectivity index (χ0v) is 9.10. The molecule has 1 unspecified atom stereocenters. The average Bonchev–Trinajstić information content (AvgIpc) is 2.61. The first-order valence-electron chi connectivity index (χ1n) is 4.49. The maximum atomic E-state index is 12.2. The van der Waals surface area contributed by atoms with Crippen molar-refractivity contribution >= 4 is 17.3 Å². The molecule has 1 atom stereocenters. The molecule has 1 rings (SSSR count). The van der Waals surface area contributed by atoms with Crippen molar-refractivity contribution < 1.29 is 23.1 Å². The Hall–Kier alpha value is -1.18. The predicted octanol–water partition coefficient (Wildman–Crippen LogP) is 2.53. The summed E-state index contributed by atoms with van der Waals surface area (Å²) in [5.74, 6) is -2.18. The van der Waals surface area contributed by atoms with Crippen molar-refractivity contribution in [2.24, 2.45) is 0 Å². The van der Waals surface area contributed by atoms with Gasteiger partial charge in [0.25, 0.3) is 0 Å². The van der Waals surface area contributed by atoms with E-state index in [9.17, 15) is 18.0 Å². The van der Waals surface area contributed by atoms with Crippen molar-refractivity contribution in [3.05, 3.63) is 10.0 Å². The van der Waals surface area contributed by atoms with E-state index < -0.39 is 23.1 Å². The van der Waals surface area contributed by atoms with Crippen LogP contribution in [0, 0.1) is 0 Å². The second kappa shape index (κ2) is 4.77. The van der Waals surface area contributed by atoms with Crippen LogP contribution in [-0.4, -0.2) is 21.3 Å². The van der Waals surface area contributed by atoms with Gasteiger partial charge in [0.2, 0.25) is 5.01 Å². The monoisotopic (exact) mass is 254 g/mol. The second-order valence-corrected chi connectivity index (χ2v) is 4.13. The smallest absolute Gasteiger partial charge is 0.445 e. The fraction of sp³-hybridized carbons (Fsp3) is 0.625. The van der Waals surface area contributed by atoms with Crippen LogP contribution >= 0.6 is 11.3 Å². The molecule has 0 amide bonds. The zero-order chi connectivity index (χ0) is 12.3. The van der Waals surface area contributed by atoms with Crippen LogP contribution in [0.1, 0.15) is 35.7 Å². The van der Waals surface area contributed by atoms with Crippen molar-refractivity contribution in [3.8, 4) is 0 Å². The fourth-order valence-corrected chi connectivity index (χ4v) is 1.97. The van der Waals surface area contributed by atoms with Crippen LogP contribution in [0.25, 0.3) is 0 Å². The number of carboxylic acid groups (broad SMARTS) is 1. The first kappa shape index (κ1) is 12.9. The molecule has 4 nitrogen and oxygen atoms in total. The first-order valence-corrected chi connectivity index (χ1v) is 5.31. The van der Waals surface area contributed by atoms with E-state index in [1.807, 2.05) is 0 Å². The number of aromatic nitrogens is 2. The van der Waals surface area contributed by atoms with E-state index in [2.05, 4.69) is 10.2 Å². The Balaban J connectivity index is 2.95. The number of halogens is 3. The van der Waals surface area contributed by atoms with E-state index in [1.165, 1.54) is 0 Å². The molecule has 1 heterocycles. The van der Waals surface area contributed by atoms with Gasteiger partial charge in [0.15, 0.2) is 0 Å². The van der Waals surface area contributed by atoms with Gasteiger partial charge in [0.1, 0.15) is 10.9 Å². The molecule has 16 heavy (non-hydrogen) atoms. The highest BCUT2D eigenvalue weighted by Gasteiger charge is 2.37. The summed E-state index contributed by atoms with van der Waals surface area (Å²) in [5.41, 5.74) is 0. The normalized spacial score (nSPS) is 13.8. The minimum absolute atomic E-state index is 0.0957. The highest BCUT2D eigenvalue weighted by Crippen LogP contribution is 2.34. The molecule has 90 valence electrons. The van der Waals surface area contributed by atoms with Gasteiger partial charge in [-0.25, -0.2) is 0 Å². The summed E-state index contributed by atoms with van der Waals surface area (Å²) in [6.45, 7) is 1.75. The summed E-state index contributed by atoms with van der Waals surface area (Å²) in [7, 11) is 0. The lowest BCUT2D eigenvalue weighted by atomic mass is 10.1. The lowest BCUT2D eigenvalue weighted by Crippen LogP contribution is -2.10. The summed E-state index contributed by atoms with van der Waals surface area (Å²) < 4.78 is 36.6. The van der Waals surface area contributed by atoms with Crippen molar-refractivity contribution in [3.63, 3.8) is 0 Å². The third-order valence-electron chi connectivity index (χ3n) is 1.86. The van der Waals surface area contributed by atoms with Gasteiger partial charge in [0, 0.05) is 0 Å². The molecule has 0 radical (unpaired) electrons. The summed E-state index contributed by atoms with van der Waals surface area (Å²) in [6.07, 6.45) is -3.76. The van der Waals surface area contributed by atoms with Crippen molar-refractivity contribution in [2.75, 3.05) is 0 Å². The molecule has 8 heteroatoms. The number of alkyl halides is 3. The number of aliphatic carboxylic acids is 1. The van der Waals surface area contributed by atoms with Gasteiger partial charge >= 0.3 is 12.1 Å². The molecule has 0 fully saturated rings. The zero-order valence-electron chi connectivity index (χ0n) is 8.28. The molecule has 1 aromatic rings. The van der Waals surface area contributed by atoms with E-state index in [0.29, 0.717) is 6.42 Å². The first-order chi connectivity index (χ1) is 7.36. The van der Waals surface area contributed by atoms with Gasteiger partial charge in [0.05, 0.1) is 0 Å². The van der Waals surface area contributed by atoms with Crippen LogP contribution in [0.2, 0.25) is 0 Å². The molecule has 0 aliphatic heterocycles. The predicted molar refractivity (Wildman–Crippen MR) is 50.2 cm³/mol. The lowest BCUT2D eigenvalue weighted by Gasteiger charge is -2.05. The molecule has 0 aromatic carbocycles. The number of nitrogens with zero attached hydrogens (tertiary/aromatic N) is 2. The van der Waals surface area contributed by atoms with Crippen LogP contribution < -0.4 is 0 Å². The molecule has 0 aliphatic rings. The SMILES string of the molecule is CCCC(C(=O)O)c1nnc(C(F)(F)F)s1. The Labute approximate surface area is 93.1 Å². The van der Waals surface area contributed by atoms with Gasteiger partial charge in [-0.15, -0.1) is 10.2 Å². The van der Waals surface area contributed by atoms with Crippen LogP contribution in [0.3, 0.4) is 0 Å². The van der Waals surface area contributed by atoms with Gasteiger partial charge in [-0.2, -0.15) is 13.2 Å². The minimum Gasteiger partial charge on any atom is -0.481 e. The molecule has 0 bridgehead atoms. The molecule has 0 aliphatic carbocycles. The number of carbonyl (C=O) groups is 1. The summed E-state index contributed by atoms with van der Waals surface area (Å²) in [4.78, 5) is 10.8. The van der Waals surface area contributed by atoms with Crippen LogP contribution in [-0.2, 0) is 11.0 Å². The Morgan fingerprint density at radius 3 is 2.50 bits per heavy atom. The number of carboxylic acids is 1. The van der Waals surface area contributed by atoms with E-state index in [0.717, 1.165) is 0 Å².